The lowest BCUT2D eigenvalue weighted by atomic mass is 10.2. The van der Waals surface area contributed by atoms with E-state index in [-0.39, 0.29) is 5.69 Å². The van der Waals surface area contributed by atoms with Gasteiger partial charge in [0.15, 0.2) is 0 Å². The second kappa shape index (κ2) is 2.88. The van der Waals surface area contributed by atoms with Crippen LogP contribution in [0.25, 0.3) is 0 Å². The molecule has 1 aromatic heterocycles. The highest BCUT2D eigenvalue weighted by atomic mass is 19.3. The molecule has 0 spiro atoms. The molecule has 66 valence electrons. The average Bonchev–Trinajstić information content (AvgIpc) is 2.30. The zero-order valence-electron chi connectivity index (χ0n) is 6.04. The van der Waals surface area contributed by atoms with Crippen LogP contribution in [0.15, 0.2) is 4.52 Å². The van der Waals surface area contributed by atoms with Crippen molar-refractivity contribution in [2.45, 2.75) is 13.3 Å². The lowest BCUT2D eigenvalue weighted by molar-refractivity contribution is 0.0636. The number of carboxylic acids is 1. The van der Waals surface area contributed by atoms with E-state index in [0.29, 0.717) is 0 Å². The Balaban J connectivity index is 3.21. The molecule has 0 saturated heterocycles. The predicted octanol–water partition coefficient (Wildman–Crippen LogP) is 1.62. The number of aromatic nitrogens is 1. The molecular weight excluding hydrogens is 172 g/mol. The fourth-order valence-electron chi connectivity index (χ4n) is 0.788. The van der Waals surface area contributed by atoms with E-state index in [4.69, 9.17) is 5.11 Å². The Hall–Kier alpha value is -1.46. The Bertz CT molecular complexity index is 308. The molecule has 1 rings (SSSR count). The Morgan fingerprint density at radius 1 is 1.67 bits per heavy atom. The van der Waals surface area contributed by atoms with Gasteiger partial charge < -0.3 is 9.63 Å². The van der Waals surface area contributed by atoms with Crippen LogP contribution in [-0.4, -0.2) is 16.2 Å². The van der Waals surface area contributed by atoms with E-state index in [9.17, 15) is 13.6 Å². The van der Waals surface area contributed by atoms with Crippen LogP contribution in [-0.2, 0) is 0 Å². The van der Waals surface area contributed by atoms with Crippen LogP contribution in [0.3, 0.4) is 0 Å². The first kappa shape index (κ1) is 8.63. The van der Waals surface area contributed by atoms with Crippen LogP contribution in [0.4, 0.5) is 8.78 Å². The van der Waals surface area contributed by atoms with E-state index >= 15 is 0 Å². The molecule has 0 saturated carbocycles. The van der Waals surface area contributed by atoms with Gasteiger partial charge in [-0.15, -0.1) is 0 Å². The second-order valence-electron chi connectivity index (χ2n) is 2.12. The summed E-state index contributed by atoms with van der Waals surface area (Å²) >= 11 is 0. The number of carboxylic acid groups (broad SMARTS) is 1. The van der Waals surface area contributed by atoms with Crippen molar-refractivity contribution in [2.75, 3.05) is 0 Å². The minimum Gasteiger partial charge on any atom is -0.475 e. The van der Waals surface area contributed by atoms with E-state index < -0.39 is 23.7 Å². The third-order valence-electron chi connectivity index (χ3n) is 1.32. The van der Waals surface area contributed by atoms with E-state index in [1.165, 1.54) is 6.92 Å². The molecule has 0 fully saturated rings. The maximum atomic E-state index is 12.1. The smallest absolute Gasteiger partial charge is 0.375 e. The largest absolute Gasteiger partial charge is 0.475 e. The summed E-state index contributed by atoms with van der Waals surface area (Å²) in [7, 11) is 0. The summed E-state index contributed by atoms with van der Waals surface area (Å²) in [6, 6.07) is 0. The molecule has 0 atom stereocenters. The molecule has 12 heavy (non-hydrogen) atoms. The Morgan fingerprint density at radius 3 is 2.58 bits per heavy atom. The molecule has 4 nitrogen and oxygen atoms in total. The van der Waals surface area contributed by atoms with Crippen molar-refractivity contribution < 1.29 is 23.2 Å². The molecule has 0 amide bonds. The molecule has 0 aliphatic rings. The highest BCUT2D eigenvalue weighted by Crippen LogP contribution is 2.25. The number of nitrogens with zero attached hydrogens (tertiary/aromatic N) is 1. The highest BCUT2D eigenvalue weighted by Gasteiger charge is 2.26. The van der Waals surface area contributed by atoms with Gasteiger partial charge >= 0.3 is 5.97 Å². The maximum absolute atomic E-state index is 12.1. The lowest BCUT2D eigenvalue weighted by Gasteiger charge is -1.94. The molecule has 0 aromatic carbocycles. The predicted molar refractivity (Wildman–Crippen MR) is 33.2 cm³/mol. The molecule has 0 aliphatic carbocycles. The van der Waals surface area contributed by atoms with Crippen molar-refractivity contribution >= 4 is 5.97 Å². The van der Waals surface area contributed by atoms with Gasteiger partial charge in [0.05, 0.1) is 11.3 Å². The van der Waals surface area contributed by atoms with E-state index in [1.54, 1.807) is 0 Å². The third-order valence-corrected chi connectivity index (χ3v) is 1.32. The Labute approximate surface area is 65.8 Å². The van der Waals surface area contributed by atoms with Crippen molar-refractivity contribution in [3.05, 3.63) is 17.0 Å². The number of hydrogen-bond donors (Lipinski definition) is 1. The van der Waals surface area contributed by atoms with E-state index in [2.05, 4.69) is 9.68 Å². The normalized spacial score (nSPS) is 10.7. The van der Waals surface area contributed by atoms with E-state index in [0.717, 1.165) is 0 Å². The monoisotopic (exact) mass is 177 g/mol. The van der Waals surface area contributed by atoms with Gasteiger partial charge in [-0.2, -0.15) is 0 Å². The highest BCUT2D eigenvalue weighted by molar-refractivity contribution is 5.86. The molecular formula is C6H5F2NO3. The summed E-state index contributed by atoms with van der Waals surface area (Å²) < 4.78 is 28.4. The molecule has 1 aromatic rings. The molecule has 6 heteroatoms. The first-order valence-corrected chi connectivity index (χ1v) is 3.01. The van der Waals surface area contributed by atoms with Gasteiger partial charge in [-0.1, -0.05) is 5.16 Å². The van der Waals surface area contributed by atoms with E-state index in [1.807, 2.05) is 0 Å². The third kappa shape index (κ3) is 1.27. The fourth-order valence-corrected chi connectivity index (χ4v) is 0.788. The number of aryl methyl sites for hydroxylation is 1. The lowest BCUT2D eigenvalue weighted by Crippen LogP contribution is -1.99. The number of rotatable bonds is 2. The second-order valence-corrected chi connectivity index (χ2v) is 2.12. The maximum Gasteiger partial charge on any atom is 0.375 e. The summed E-state index contributed by atoms with van der Waals surface area (Å²) in [6.45, 7) is 1.26. The van der Waals surface area contributed by atoms with Crippen LogP contribution in [0.2, 0.25) is 0 Å². The topological polar surface area (TPSA) is 63.3 Å². The number of aromatic carboxylic acids is 1. The molecule has 0 aliphatic heterocycles. The number of alkyl halides is 2. The van der Waals surface area contributed by atoms with Gasteiger partial charge in [-0.05, 0) is 6.92 Å². The van der Waals surface area contributed by atoms with Gasteiger partial charge in [0.1, 0.15) is 0 Å². The first-order chi connectivity index (χ1) is 5.54. The molecule has 1 heterocycles. The van der Waals surface area contributed by atoms with Gasteiger partial charge in [0.2, 0.25) is 0 Å². The summed E-state index contributed by atoms with van der Waals surface area (Å²) in [5, 5.41) is 11.5. The minimum atomic E-state index is -2.87. The minimum absolute atomic E-state index is 0.0950. The fraction of sp³-hybridized carbons (Fsp3) is 0.333. The number of halogens is 2. The summed E-state index contributed by atoms with van der Waals surface area (Å²) in [4.78, 5) is 10.3. The van der Waals surface area contributed by atoms with Crippen LogP contribution in [0, 0.1) is 6.92 Å². The SMILES string of the molecule is Cc1noc(C(=O)O)c1C(F)F. The standard InChI is InChI=1S/C6H5F2NO3/c1-2-3(5(7)8)4(6(10)11)12-9-2/h5H,1H3,(H,10,11). The van der Waals surface area contributed by atoms with Gasteiger partial charge in [-0.3, -0.25) is 0 Å². The molecule has 1 N–H and O–H groups in total. The average molecular weight is 177 g/mol. The van der Waals surface area contributed by atoms with Gasteiger partial charge in [0, 0.05) is 0 Å². The van der Waals surface area contributed by atoms with Crippen molar-refractivity contribution in [1.82, 2.24) is 5.16 Å². The zero-order chi connectivity index (χ0) is 9.30. The number of carbonyl (C=O) groups is 1. The molecule has 0 bridgehead atoms. The molecule has 0 unspecified atom stereocenters. The molecule has 0 radical (unpaired) electrons. The van der Waals surface area contributed by atoms with Crippen LogP contribution < -0.4 is 0 Å². The van der Waals surface area contributed by atoms with Crippen LogP contribution in [0.1, 0.15) is 28.2 Å². The van der Waals surface area contributed by atoms with Gasteiger partial charge in [-0.25, -0.2) is 13.6 Å². The van der Waals surface area contributed by atoms with Crippen molar-refractivity contribution in [2.24, 2.45) is 0 Å². The van der Waals surface area contributed by atoms with Crippen LogP contribution in [0.5, 0.6) is 0 Å². The van der Waals surface area contributed by atoms with Crippen LogP contribution >= 0.6 is 0 Å². The first-order valence-electron chi connectivity index (χ1n) is 3.01. The van der Waals surface area contributed by atoms with Gasteiger partial charge in [0.25, 0.3) is 12.2 Å². The van der Waals surface area contributed by atoms with Crippen molar-refractivity contribution in [3.8, 4) is 0 Å². The van der Waals surface area contributed by atoms with Crippen molar-refractivity contribution in [1.29, 1.82) is 0 Å². The Kier molecular flexibility index (Phi) is 2.07. The summed E-state index contributed by atoms with van der Waals surface area (Å²) in [5.74, 6) is -2.33. The summed E-state index contributed by atoms with van der Waals surface area (Å²) in [6.07, 6.45) is -2.87. The Morgan fingerprint density at radius 2 is 2.25 bits per heavy atom. The summed E-state index contributed by atoms with van der Waals surface area (Å²) in [5.41, 5.74) is -0.745. The number of hydrogen-bond acceptors (Lipinski definition) is 3. The quantitative estimate of drug-likeness (QED) is 0.745. The zero-order valence-corrected chi connectivity index (χ0v) is 6.04. The van der Waals surface area contributed by atoms with Crippen molar-refractivity contribution in [3.63, 3.8) is 0 Å².